The summed E-state index contributed by atoms with van der Waals surface area (Å²) in [6, 6.07) is 6.68. The van der Waals surface area contributed by atoms with Gasteiger partial charge in [0.15, 0.2) is 11.4 Å². The molecule has 10 nitrogen and oxygen atoms in total. The molecule has 0 radical (unpaired) electrons. The molecule has 0 saturated carbocycles. The maximum Gasteiger partial charge on any atom is 0.330 e. The van der Waals surface area contributed by atoms with Crippen LogP contribution in [-0.4, -0.2) is 31.8 Å². The van der Waals surface area contributed by atoms with Gasteiger partial charge in [0, 0.05) is 25.5 Å². The summed E-state index contributed by atoms with van der Waals surface area (Å²) in [6.45, 7) is 6.26. The number of rotatable bonds is 7. The van der Waals surface area contributed by atoms with Crippen LogP contribution >= 0.6 is 0 Å². The molecule has 0 atom stereocenters. The van der Waals surface area contributed by atoms with Crippen LogP contribution in [0.3, 0.4) is 0 Å². The van der Waals surface area contributed by atoms with Gasteiger partial charge in [-0.15, -0.1) is 0 Å². The lowest BCUT2D eigenvalue weighted by Gasteiger charge is -2.25. The number of nitrogens with one attached hydrogen (secondary N) is 1. The van der Waals surface area contributed by atoms with Gasteiger partial charge in [0.1, 0.15) is 5.82 Å². The lowest BCUT2D eigenvalue weighted by atomic mass is 10.1. The Hall–Kier alpha value is -3.69. The molecular weight excluding hydrogens is 412 g/mol. The molecule has 0 aliphatic heterocycles. The number of hydrogen-bond donors (Lipinski definition) is 2. The summed E-state index contributed by atoms with van der Waals surface area (Å²) in [5.41, 5.74) is 4.49. The molecule has 0 fully saturated rings. The number of aromatic amines is 1. The van der Waals surface area contributed by atoms with Gasteiger partial charge in [-0.2, -0.15) is 5.10 Å². The zero-order valence-electron chi connectivity index (χ0n) is 18.7. The lowest BCUT2D eigenvalue weighted by molar-refractivity contribution is 0.0981. The predicted octanol–water partition coefficient (Wildman–Crippen LogP) is 1.47. The van der Waals surface area contributed by atoms with Crippen LogP contribution in [0.4, 0.5) is 11.5 Å². The first-order valence-electron chi connectivity index (χ1n) is 10.6. The Morgan fingerprint density at radius 1 is 1.19 bits per heavy atom. The molecule has 0 aliphatic carbocycles. The largest absolute Gasteiger partial charge is 0.383 e. The molecule has 10 heteroatoms. The molecule has 32 heavy (non-hydrogen) atoms. The molecule has 1 aromatic carbocycles. The Kier molecular flexibility index (Phi) is 6.61. The molecule has 2 aromatic heterocycles. The smallest absolute Gasteiger partial charge is 0.330 e. The third kappa shape index (κ3) is 4.20. The summed E-state index contributed by atoms with van der Waals surface area (Å²) in [6.07, 6.45) is 1.35. The minimum absolute atomic E-state index is 0.0270. The first kappa shape index (κ1) is 23.0. The number of nitrogens with zero attached hydrogens (tertiary/aromatic N) is 4. The summed E-state index contributed by atoms with van der Waals surface area (Å²) in [5.74, 6) is -0.564. The van der Waals surface area contributed by atoms with Crippen LogP contribution < -0.4 is 27.4 Å². The molecule has 1 amide bonds. The number of nitrogens with two attached hydrogens (primary N) is 1. The Labute approximate surface area is 184 Å². The van der Waals surface area contributed by atoms with Gasteiger partial charge in [0.2, 0.25) is 0 Å². The fraction of sp³-hybridized carbons (Fsp3) is 0.409. The van der Waals surface area contributed by atoms with Crippen LogP contribution in [0.5, 0.6) is 0 Å². The number of nitrogen functional groups attached to an aromatic ring is 1. The Morgan fingerprint density at radius 2 is 1.84 bits per heavy atom. The van der Waals surface area contributed by atoms with Crippen molar-refractivity contribution in [2.45, 2.75) is 40.2 Å². The van der Waals surface area contributed by atoms with Crippen molar-refractivity contribution in [3.8, 4) is 0 Å². The van der Waals surface area contributed by atoms with E-state index >= 15 is 0 Å². The molecule has 3 N–H and O–H groups in total. The Balaban J connectivity index is 2.26. The number of anilines is 2. The molecule has 170 valence electrons. The predicted molar refractivity (Wildman–Crippen MR) is 124 cm³/mol. The van der Waals surface area contributed by atoms with E-state index in [-0.39, 0.29) is 41.8 Å². The van der Waals surface area contributed by atoms with E-state index in [0.29, 0.717) is 17.2 Å². The van der Waals surface area contributed by atoms with Gasteiger partial charge in [-0.05, 0) is 18.4 Å². The van der Waals surface area contributed by atoms with Crippen molar-refractivity contribution in [2.24, 2.45) is 13.0 Å². The van der Waals surface area contributed by atoms with Crippen LogP contribution in [0.25, 0.3) is 10.8 Å². The van der Waals surface area contributed by atoms with E-state index in [9.17, 15) is 19.2 Å². The normalized spacial score (nSPS) is 11.3. The van der Waals surface area contributed by atoms with E-state index in [4.69, 9.17) is 5.73 Å². The van der Waals surface area contributed by atoms with Crippen molar-refractivity contribution < 1.29 is 4.79 Å². The first-order chi connectivity index (χ1) is 15.2. The van der Waals surface area contributed by atoms with E-state index in [1.807, 2.05) is 20.8 Å². The number of carbonyl (C=O) groups excluding carboxylic acids is 1. The Bertz CT molecular complexity index is 1330. The van der Waals surface area contributed by atoms with Gasteiger partial charge in [-0.1, -0.05) is 45.4 Å². The van der Waals surface area contributed by atoms with Crippen LogP contribution in [0.1, 0.15) is 44.1 Å². The van der Waals surface area contributed by atoms with Gasteiger partial charge in [-0.3, -0.25) is 28.8 Å². The van der Waals surface area contributed by atoms with Crippen LogP contribution in [-0.2, 0) is 13.6 Å². The van der Waals surface area contributed by atoms with E-state index in [2.05, 4.69) is 10.1 Å². The number of hydrogen-bond acceptors (Lipinski definition) is 6. The second-order valence-corrected chi connectivity index (χ2v) is 8.13. The average Bonchev–Trinajstić information content (AvgIpc) is 2.75. The zero-order chi connectivity index (χ0) is 23.6. The van der Waals surface area contributed by atoms with Gasteiger partial charge in [0.25, 0.3) is 17.0 Å². The topological polar surface area (TPSA) is 136 Å². The van der Waals surface area contributed by atoms with Crippen LogP contribution in [0.15, 0.2) is 38.6 Å². The number of benzene rings is 1. The van der Waals surface area contributed by atoms with Crippen molar-refractivity contribution in [3.05, 3.63) is 61.2 Å². The maximum absolute atomic E-state index is 13.7. The molecule has 0 unspecified atom stereocenters. The third-order valence-electron chi connectivity index (χ3n) is 5.17. The maximum atomic E-state index is 13.7. The number of carbonyl (C=O) groups is 1. The molecule has 0 spiro atoms. The van der Waals surface area contributed by atoms with Crippen molar-refractivity contribution >= 4 is 28.2 Å². The second kappa shape index (κ2) is 9.21. The van der Waals surface area contributed by atoms with E-state index < -0.39 is 17.2 Å². The minimum Gasteiger partial charge on any atom is -0.383 e. The number of aryl methyl sites for hydroxylation is 1. The fourth-order valence-corrected chi connectivity index (χ4v) is 3.60. The highest BCUT2D eigenvalue weighted by Crippen LogP contribution is 2.23. The van der Waals surface area contributed by atoms with E-state index in [1.54, 1.807) is 24.3 Å². The minimum atomic E-state index is -0.744. The standard InChI is InChI=1S/C22H28N6O4/c1-5-6-11-27(17-18(23)28(12-13(2)3)22(32)24-19(17)29)21(31)16-14-9-7-8-10-15(14)20(30)26(4)25-16/h7-10,13H,5-6,11-12,23H2,1-4H3,(H,24,29,32). The molecule has 0 saturated heterocycles. The number of unbranched alkanes of at least 4 members (excludes halogenated alkanes) is 1. The Morgan fingerprint density at radius 3 is 2.47 bits per heavy atom. The first-order valence-corrected chi connectivity index (χ1v) is 10.6. The monoisotopic (exact) mass is 440 g/mol. The number of fused-ring (bicyclic) bond motifs is 1. The molecular formula is C22H28N6O4. The summed E-state index contributed by atoms with van der Waals surface area (Å²) >= 11 is 0. The van der Waals surface area contributed by atoms with Crippen molar-refractivity contribution in [2.75, 3.05) is 17.2 Å². The highest BCUT2D eigenvalue weighted by atomic mass is 16.2. The molecule has 0 bridgehead atoms. The fourth-order valence-electron chi connectivity index (χ4n) is 3.60. The van der Waals surface area contributed by atoms with E-state index in [0.717, 1.165) is 11.1 Å². The SMILES string of the molecule is CCCCN(C(=O)c1nn(C)c(=O)c2ccccc12)c1c(N)n(CC(C)C)c(=O)[nH]c1=O. The lowest BCUT2D eigenvalue weighted by Crippen LogP contribution is -2.42. The highest BCUT2D eigenvalue weighted by Gasteiger charge is 2.28. The van der Waals surface area contributed by atoms with Crippen LogP contribution in [0.2, 0.25) is 0 Å². The molecule has 0 aliphatic rings. The van der Waals surface area contributed by atoms with Gasteiger partial charge < -0.3 is 5.73 Å². The van der Waals surface area contributed by atoms with Gasteiger partial charge >= 0.3 is 5.69 Å². The summed E-state index contributed by atoms with van der Waals surface area (Å²) in [7, 11) is 1.46. The van der Waals surface area contributed by atoms with Crippen LogP contribution in [0, 0.1) is 5.92 Å². The molecule has 3 rings (SSSR count). The zero-order valence-corrected chi connectivity index (χ0v) is 18.7. The average molecular weight is 441 g/mol. The number of amides is 1. The van der Waals surface area contributed by atoms with Crippen molar-refractivity contribution in [1.29, 1.82) is 0 Å². The quantitative estimate of drug-likeness (QED) is 0.571. The number of H-pyrrole nitrogens is 1. The highest BCUT2D eigenvalue weighted by molar-refractivity contribution is 6.13. The molecule has 2 heterocycles. The second-order valence-electron chi connectivity index (χ2n) is 8.13. The number of aromatic nitrogens is 4. The third-order valence-corrected chi connectivity index (χ3v) is 5.17. The van der Waals surface area contributed by atoms with Crippen molar-refractivity contribution in [3.63, 3.8) is 0 Å². The van der Waals surface area contributed by atoms with Crippen molar-refractivity contribution in [1.82, 2.24) is 19.3 Å². The summed E-state index contributed by atoms with van der Waals surface area (Å²) < 4.78 is 2.36. The summed E-state index contributed by atoms with van der Waals surface area (Å²) in [4.78, 5) is 54.9. The summed E-state index contributed by atoms with van der Waals surface area (Å²) in [5, 5.41) is 4.92. The molecule has 3 aromatic rings. The van der Waals surface area contributed by atoms with Gasteiger partial charge in [0.05, 0.1) is 5.39 Å². The van der Waals surface area contributed by atoms with E-state index in [1.165, 1.54) is 16.5 Å². The van der Waals surface area contributed by atoms with Gasteiger partial charge in [-0.25, -0.2) is 9.48 Å².